The number of aryl methyl sites for hydroxylation is 1. The molecule has 0 saturated carbocycles. The standard InChI is InChI=1S/C25H21ClF3N7O2/c1-24(2,38)22-33-16-9-4-13(10-18(16)35(22)3)19-21(37)36(15-7-5-14(26)6-8-15)20-17(32-19)11-30-23(34-20)31-12-25(27,28)29/h4-11,38H,12H2,1-3H3,(H,30,31,34). The molecule has 2 aromatic carbocycles. The number of nitrogens with one attached hydrogen (secondary N) is 1. The molecule has 0 aliphatic heterocycles. The van der Waals surface area contributed by atoms with Crippen LogP contribution < -0.4 is 10.9 Å². The molecule has 0 radical (unpaired) electrons. The van der Waals surface area contributed by atoms with Crippen LogP contribution in [0.15, 0.2) is 53.5 Å². The zero-order chi connectivity index (χ0) is 27.4. The number of aromatic nitrogens is 6. The summed E-state index contributed by atoms with van der Waals surface area (Å²) in [5.41, 5.74) is 0.686. The van der Waals surface area contributed by atoms with Gasteiger partial charge in [0.25, 0.3) is 5.56 Å². The molecule has 5 rings (SSSR count). The minimum absolute atomic E-state index is 0.0201. The Morgan fingerprint density at radius 1 is 1.03 bits per heavy atom. The van der Waals surface area contributed by atoms with E-state index in [0.29, 0.717) is 33.1 Å². The smallest absolute Gasteiger partial charge is 0.383 e. The van der Waals surface area contributed by atoms with Crippen molar-refractivity contribution >= 4 is 39.7 Å². The fourth-order valence-corrected chi connectivity index (χ4v) is 4.27. The van der Waals surface area contributed by atoms with Crippen molar-refractivity contribution in [1.82, 2.24) is 29.1 Å². The number of aliphatic hydroxyl groups is 1. The van der Waals surface area contributed by atoms with Gasteiger partial charge >= 0.3 is 6.18 Å². The molecule has 0 fully saturated rings. The fraction of sp³-hybridized carbons (Fsp3) is 0.240. The van der Waals surface area contributed by atoms with E-state index in [0.717, 1.165) is 0 Å². The number of imidazole rings is 1. The molecule has 2 N–H and O–H groups in total. The SMILES string of the molecule is Cn1c(C(C)(C)O)nc2ccc(-c3nc4cnc(NCC(F)(F)F)nc4n(-c4ccc(Cl)cc4)c3=O)cc21. The van der Waals surface area contributed by atoms with E-state index in [1.54, 1.807) is 67.9 Å². The van der Waals surface area contributed by atoms with Gasteiger partial charge in [-0.05, 0) is 50.2 Å². The third-order valence-corrected chi connectivity index (χ3v) is 6.08. The molecule has 5 aromatic rings. The molecule has 13 heteroatoms. The molecule has 0 atom stereocenters. The minimum atomic E-state index is -4.48. The van der Waals surface area contributed by atoms with Crippen LogP contribution in [0.2, 0.25) is 5.02 Å². The summed E-state index contributed by atoms with van der Waals surface area (Å²) < 4.78 is 41.2. The Morgan fingerprint density at radius 2 is 1.74 bits per heavy atom. The van der Waals surface area contributed by atoms with Crippen LogP contribution in [0.4, 0.5) is 19.1 Å². The first-order valence-electron chi connectivity index (χ1n) is 11.4. The molecule has 0 amide bonds. The van der Waals surface area contributed by atoms with Gasteiger partial charge in [-0.25, -0.2) is 15.0 Å². The van der Waals surface area contributed by atoms with Crippen LogP contribution in [0.3, 0.4) is 0 Å². The topological polar surface area (TPSA) is 111 Å². The van der Waals surface area contributed by atoms with Crippen molar-refractivity contribution < 1.29 is 18.3 Å². The van der Waals surface area contributed by atoms with Crippen LogP contribution in [0.5, 0.6) is 0 Å². The summed E-state index contributed by atoms with van der Waals surface area (Å²) in [5.74, 6) is 0.143. The Bertz CT molecular complexity index is 1740. The molecule has 0 spiro atoms. The van der Waals surface area contributed by atoms with E-state index in [9.17, 15) is 23.1 Å². The Balaban J connectivity index is 1.73. The van der Waals surface area contributed by atoms with Crippen molar-refractivity contribution in [2.24, 2.45) is 7.05 Å². The highest BCUT2D eigenvalue weighted by Gasteiger charge is 2.27. The molecule has 38 heavy (non-hydrogen) atoms. The van der Waals surface area contributed by atoms with E-state index in [1.807, 2.05) is 0 Å². The molecule has 0 aliphatic carbocycles. The third-order valence-electron chi connectivity index (χ3n) is 5.83. The number of alkyl halides is 3. The second-order valence-corrected chi connectivity index (χ2v) is 9.64. The minimum Gasteiger partial charge on any atom is -0.383 e. The summed E-state index contributed by atoms with van der Waals surface area (Å²) in [6, 6.07) is 11.5. The monoisotopic (exact) mass is 543 g/mol. The number of hydrogen-bond donors (Lipinski definition) is 2. The molecule has 0 saturated heterocycles. The Kier molecular flexibility index (Phi) is 6.11. The molecule has 0 unspecified atom stereocenters. The quantitative estimate of drug-likeness (QED) is 0.334. The van der Waals surface area contributed by atoms with Gasteiger partial charge in [-0.1, -0.05) is 17.7 Å². The molecule has 3 aromatic heterocycles. The summed E-state index contributed by atoms with van der Waals surface area (Å²) in [6.45, 7) is 1.91. The van der Waals surface area contributed by atoms with E-state index in [2.05, 4.69) is 25.3 Å². The number of fused-ring (bicyclic) bond motifs is 2. The molecule has 196 valence electrons. The van der Waals surface area contributed by atoms with E-state index >= 15 is 0 Å². The van der Waals surface area contributed by atoms with E-state index in [-0.39, 0.29) is 22.8 Å². The number of anilines is 1. The average molecular weight is 544 g/mol. The van der Waals surface area contributed by atoms with Crippen LogP contribution in [0.1, 0.15) is 19.7 Å². The number of nitrogens with zero attached hydrogens (tertiary/aromatic N) is 6. The summed E-state index contributed by atoms with van der Waals surface area (Å²) in [6.07, 6.45) is -3.22. The van der Waals surface area contributed by atoms with Crippen LogP contribution in [-0.4, -0.2) is 46.9 Å². The van der Waals surface area contributed by atoms with Crippen molar-refractivity contribution in [3.63, 3.8) is 0 Å². The first-order chi connectivity index (χ1) is 17.8. The van der Waals surface area contributed by atoms with E-state index < -0.39 is 23.9 Å². The lowest BCUT2D eigenvalue weighted by molar-refractivity contribution is -0.115. The molecule has 3 heterocycles. The first kappa shape index (κ1) is 25.6. The largest absolute Gasteiger partial charge is 0.405 e. The Labute approximate surface area is 218 Å². The average Bonchev–Trinajstić information content (AvgIpc) is 3.19. The van der Waals surface area contributed by atoms with Crippen molar-refractivity contribution in [3.05, 3.63) is 69.9 Å². The van der Waals surface area contributed by atoms with Gasteiger partial charge in [-0.3, -0.25) is 9.36 Å². The lowest BCUT2D eigenvalue weighted by Gasteiger charge is -2.16. The highest BCUT2D eigenvalue weighted by molar-refractivity contribution is 6.30. The summed E-state index contributed by atoms with van der Waals surface area (Å²) in [4.78, 5) is 30.9. The molecule has 0 bridgehead atoms. The highest BCUT2D eigenvalue weighted by atomic mass is 35.5. The predicted molar refractivity (Wildman–Crippen MR) is 137 cm³/mol. The summed E-state index contributed by atoms with van der Waals surface area (Å²) in [7, 11) is 1.76. The van der Waals surface area contributed by atoms with Gasteiger partial charge in [-0.2, -0.15) is 18.2 Å². The van der Waals surface area contributed by atoms with E-state index in [1.165, 1.54) is 10.8 Å². The normalized spacial score (nSPS) is 12.4. The molecular formula is C25H21ClF3N7O2. The second-order valence-electron chi connectivity index (χ2n) is 9.21. The Hall–Kier alpha value is -4.03. The van der Waals surface area contributed by atoms with E-state index in [4.69, 9.17) is 11.6 Å². The van der Waals surface area contributed by atoms with Crippen LogP contribution in [0, 0.1) is 0 Å². The van der Waals surface area contributed by atoms with Crippen LogP contribution in [-0.2, 0) is 12.6 Å². The van der Waals surface area contributed by atoms with Gasteiger partial charge in [-0.15, -0.1) is 0 Å². The number of rotatable bonds is 5. The number of halogens is 4. The fourth-order valence-electron chi connectivity index (χ4n) is 4.15. The zero-order valence-electron chi connectivity index (χ0n) is 20.4. The maximum absolute atomic E-state index is 13.8. The van der Waals surface area contributed by atoms with Crippen molar-refractivity contribution in [2.75, 3.05) is 11.9 Å². The van der Waals surface area contributed by atoms with Gasteiger partial charge in [0.1, 0.15) is 29.2 Å². The summed E-state index contributed by atoms with van der Waals surface area (Å²) in [5, 5.41) is 13.0. The number of hydrogen-bond acceptors (Lipinski definition) is 7. The predicted octanol–water partition coefficient (Wildman–Crippen LogP) is 4.58. The molecular weight excluding hydrogens is 523 g/mol. The summed E-state index contributed by atoms with van der Waals surface area (Å²) >= 11 is 6.03. The maximum Gasteiger partial charge on any atom is 0.405 e. The zero-order valence-corrected chi connectivity index (χ0v) is 21.1. The molecule has 0 aliphatic rings. The van der Waals surface area contributed by atoms with Crippen LogP contribution >= 0.6 is 11.6 Å². The van der Waals surface area contributed by atoms with Gasteiger partial charge in [0.05, 0.1) is 22.9 Å². The van der Waals surface area contributed by atoms with Crippen LogP contribution in [0.25, 0.3) is 39.1 Å². The number of benzene rings is 2. The second kappa shape index (κ2) is 9.07. The van der Waals surface area contributed by atoms with Gasteiger partial charge in [0.15, 0.2) is 5.65 Å². The maximum atomic E-state index is 13.8. The van der Waals surface area contributed by atoms with Crippen molar-refractivity contribution in [1.29, 1.82) is 0 Å². The Morgan fingerprint density at radius 3 is 2.39 bits per heavy atom. The van der Waals surface area contributed by atoms with Crippen molar-refractivity contribution in [3.8, 4) is 16.9 Å². The first-order valence-corrected chi connectivity index (χ1v) is 11.8. The lowest BCUT2D eigenvalue weighted by Crippen LogP contribution is -2.25. The van der Waals surface area contributed by atoms with Gasteiger partial charge in [0, 0.05) is 17.6 Å². The van der Waals surface area contributed by atoms with Crippen molar-refractivity contribution in [2.45, 2.75) is 25.6 Å². The van der Waals surface area contributed by atoms with Gasteiger partial charge < -0.3 is 15.0 Å². The molecule has 9 nitrogen and oxygen atoms in total. The lowest BCUT2D eigenvalue weighted by atomic mass is 10.1. The van der Waals surface area contributed by atoms with Gasteiger partial charge in [0.2, 0.25) is 5.95 Å². The highest BCUT2D eigenvalue weighted by Crippen LogP contribution is 2.28. The third kappa shape index (κ3) is 4.79.